The number of aromatic hydroxyl groups is 1. The third kappa shape index (κ3) is 6.01. The van der Waals surface area contributed by atoms with Crippen LogP contribution in [0.5, 0.6) is 5.75 Å². The molecule has 1 heterocycles. The van der Waals surface area contributed by atoms with Gasteiger partial charge in [-0.2, -0.15) is 0 Å². The van der Waals surface area contributed by atoms with E-state index >= 15 is 0 Å². The van der Waals surface area contributed by atoms with Crippen molar-refractivity contribution in [1.29, 1.82) is 0 Å². The number of amides is 1. The van der Waals surface area contributed by atoms with Gasteiger partial charge >= 0.3 is 0 Å². The van der Waals surface area contributed by atoms with Crippen molar-refractivity contribution in [3.8, 4) is 5.75 Å². The van der Waals surface area contributed by atoms with Gasteiger partial charge in [0.25, 0.3) is 5.91 Å². The Balaban J connectivity index is 1.59. The normalized spacial score (nSPS) is 15.0. The van der Waals surface area contributed by atoms with Gasteiger partial charge in [0.1, 0.15) is 5.75 Å². The third-order valence-electron chi connectivity index (χ3n) is 3.48. The largest absolute Gasteiger partial charge is 0.507 e. The molecule has 1 aliphatic rings. The van der Waals surface area contributed by atoms with Crippen LogP contribution >= 0.6 is 12.2 Å². The van der Waals surface area contributed by atoms with Crippen molar-refractivity contribution in [2.75, 3.05) is 39.4 Å². The molecule has 1 aliphatic heterocycles. The number of nitrogens with zero attached hydrogens (tertiary/aromatic N) is 1. The Hall–Kier alpha value is -1.90. The van der Waals surface area contributed by atoms with Gasteiger partial charge in [0.2, 0.25) is 0 Å². The zero-order valence-corrected chi connectivity index (χ0v) is 13.7. The van der Waals surface area contributed by atoms with Crippen LogP contribution in [0, 0.1) is 0 Å². The van der Waals surface area contributed by atoms with Crippen LogP contribution in [0.2, 0.25) is 0 Å². The van der Waals surface area contributed by atoms with E-state index in [4.69, 9.17) is 17.0 Å². The predicted octanol–water partition coefficient (Wildman–Crippen LogP) is 0.223. The van der Waals surface area contributed by atoms with E-state index < -0.39 is 5.91 Å². The highest BCUT2D eigenvalue weighted by atomic mass is 32.1. The van der Waals surface area contributed by atoms with Crippen LogP contribution in [0.3, 0.4) is 0 Å². The number of rotatable bonds is 5. The SMILES string of the molecule is O=C(NNC(=S)NCCCN1CCOCC1)c1ccccc1O. The van der Waals surface area contributed by atoms with E-state index in [2.05, 4.69) is 21.1 Å². The lowest BCUT2D eigenvalue weighted by atomic mass is 10.2. The monoisotopic (exact) mass is 338 g/mol. The first-order valence-corrected chi connectivity index (χ1v) is 8.00. The highest BCUT2D eigenvalue weighted by Crippen LogP contribution is 2.14. The van der Waals surface area contributed by atoms with Crippen LogP contribution in [0.15, 0.2) is 24.3 Å². The Bertz CT molecular complexity index is 535. The molecule has 0 bridgehead atoms. The Morgan fingerprint density at radius 3 is 2.74 bits per heavy atom. The zero-order chi connectivity index (χ0) is 16.5. The average Bonchev–Trinajstić information content (AvgIpc) is 2.58. The summed E-state index contributed by atoms with van der Waals surface area (Å²) in [6.07, 6.45) is 0.954. The van der Waals surface area contributed by atoms with Gasteiger partial charge in [-0.1, -0.05) is 12.1 Å². The molecule has 0 aliphatic carbocycles. The van der Waals surface area contributed by atoms with Crippen LogP contribution in [0.25, 0.3) is 0 Å². The molecule has 0 radical (unpaired) electrons. The zero-order valence-electron chi connectivity index (χ0n) is 12.9. The van der Waals surface area contributed by atoms with E-state index in [-0.39, 0.29) is 11.3 Å². The maximum Gasteiger partial charge on any atom is 0.273 e. The summed E-state index contributed by atoms with van der Waals surface area (Å²) in [5.74, 6) is -0.517. The Morgan fingerprint density at radius 2 is 2.00 bits per heavy atom. The van der Waals surface area contributed by atoms with Crippen molar-refractivity contribution in [2.45, 2.75) is 6.42 Å². The van der Waals surface area contributed by atoms with Crippen LogP contribution in [-0.2, 0) is 4.74 Å². The smallest absolute Gasteiger partial charge is 0.273 e. The van der Waals surface area contributed by atoms with E-state index in [0.29, 0.717) is 5.11 Å². The molecule has 0 atom stereocenters. The molecule has 0 aromatic heterocycles. The minimum Gasteiger partial charge on any atom is -0.507 e. The number of ether oxygens (including phenoxy) is 1. The molecular formula is C15H22N4O3S. The van der Waals surface area contributed by atoms with Gasteiger partial charge in [-0.3, -0.25) is 20.5 Å². The van der Waals surface area contributed by atoms with Gasteiger partial charge in [-0.25, -0.2) is 0 Å². The fourth-order valence-electron chi connectivity index (χ4n) is 2.22. The van der Waals surface area contributed by atoms with Gasteiger partial charge in [0.05, 0.1) is 18.8 Å². The summed E-state index contributed by atoms with van der Waals surface area (Å²) in [6, 6.07) is 6.32. The first kappa shape index (κ1) is 17.5. The molecule has 1 aromatic carbocycles. The lowest BCUT2D eigenvalue weighted by molar-refractivity contribution is 0.0376. The minimum atomic E-state index is -0.444. The second-order valence-electron chi connectivity index (χ2n) is 5.16. The first-order chi connectivity index (χ1) is 11.2. The second-order valence-corrected chi connectivity index (χ2v) is 5.57. The van der Waals surface area contributed by atoms with Gasteiger partial charge in [0, 0.05) is 19.6 Å². The number of carbonyl (C=O) groups excluding carboxylic acids is 1. The summed E-state index contributed by atoms with van der Waals surface area (Å²) in [4.78, 5) is 14.2. The Kier molecular flexibility index (Phi) is 7.05. The predicted molar refractivity (Wildman–Crippen MR) is 91.2 cm³/mol. The molecule has 23 heavy (non-hydrogen) atoms. The van der Waals surface area contributed by atoms with Crippen LogP contribution in [0.1, 0.15) is 16.8 Å². The molecule has 126 valence electrons. The van der Waals surface area contributed by atoms with E-state index in [1.54, 1.807) is 12.1 Å². The number of hydrogen-bond donors (Lipinski definition) is 4. The lowest BCUT2D eigenvalue weighted by Crippen LogP contribution is -2.47. The number of thiocarbonyl (C=S) groups is 1. The summed E-state index contributed by atoms with van der Waals surface area (Å²) < 4.78 is 5.30. The lowest BCUT2D eigenvalue weighted by Gasteiger charge is -2.26. The summed E-state index contributed by atoms with van der Waals surface area (Å²) in [6.45, 7) is 5.25. The van der Waals surface area contributed by atoms with Crippen molar-refractivity contribution < 1.29 is 14.6 Å². The fraction of sp³-hybridized carbons (Fsp3) is 0.467. The number of phenolic OH excluding ortho intramolecular Hbond substituents is 1. The molecule has 0 spiro atoms. The summed E-state index contributed by atoms with van der Waals surface area (Å²) in [5.41, 5.74) is 5.26. The third-order valence-corrected chi connectivity index (χ3v) is 3.73. The van der Waals surface area contributed by atoms with Crippen molar-refractivity contribution in [2.24, 2.45) is 0 Å². The van der Waals surface area contributed by atoms with Crippen molar-refractivity contribution in [3.05, 3.63) is 29.8 Å². The number of morpholine rings is 1. The minimum absolute atomic E-state index is 0.0730. The molecular weight excluding hydrogens is 316 g/mol. The van der Waals surface area contributed by atoms with Crippen molar-refractivity contribution >= 4 is 23.2 Å². The number of nitrogens with one attached hydrogen (secondary N) is 3. The van der Waals surface area contributed by atoms with Crippen LogP contribution < -0.4 is 16.2 Å². The highest BCUT2D eigenvalue weighted by Gasteiger charge is 2.11. The van der Waals surface area contributed by atoms with Crippen molar-refractivity contribution in [1.82, 2.24) is 21.1 Å². The topological polar surface area (TPSA) is 85.9 Å². The number of para-hydroxylation sites is 1. The quantitative estimate of drug-likeness (QED) is 0.347. The molecule has 2 rings (SSSR count). The van der Waals surface area contributed by atoms with Gasteiger partial charge < -0.3 is 15.2 Å². The highest BCUT2D eigenvalue weighted by molar-refractivity contribution is 7.80. The molecule has 1 fully saturated rings. The maximum atomic E-state index is 11.9. The van der Waals surface area contributed by atoms with Crippen LogP contribution in [-0.4, -0.2) is 60.4 Å². The van der Waals surface area contributed by atoms with Crippen LogP contribution in [0.4, 0.5) is 0 Å². The summed E-state index contributed by atoms with van der Waals surface area (Å²) >= 11 is 5.09. The summed E-state index contributed by atoms with van der Waals surface area (Å²) in [7, 11) is 0. The maximum absolute atomic E-state index is 11.9. The molecule has 7 nitrogen and oxygen atoms in total. The second kappa shape index (κ2) is 9.29. The number of hydrazine groups is 1. The standard InChI is InChI=1S/C15H22N4O3S/c20-13-5-2-1-4-12(13)14(21)17-18-15(23)16-6-3-7-19-8-10-22-11-9-19/h1-2,4-5,20H,3,6-11H2,(H,17,21)(H2,16,18,23). The van der Waals surface area contributed by atoms with Gasteiger partial charge in [0.15, 0.2) is 5.11 Å². The molecule has 1 aromatic rings. The fourth-order valence-corrected chi connectivity index (χ4v) is 2.37. The Morgan fingerprint density at radius 1 is 1.26 bits per heavy atom. The molecule has 1 amide bonds. The van der Waals surface area contributed by atoms with E-state index in [1.807, 2.05) is 0 Å². The average molecular weight is 338 g/mol. The van der Waals surface area contributed by atoms with Gasteiger partial charge in [-0.05, 0) is 37.3 Å². The van der Waals surface area contributed by atoms with E-state index in [9.17, 15) is 9.90 Å². The summed E-state index contributed by atoms with van der Waals surface area (Å²) in [5, 5.41) is 13.0. The van der Waals surface area contributed by atoms with E-state index in [1.165, 1.54) is 12.1 Å². The molecule has 4 N–H and O–H groups in total. The molecule has 0 saturated carbocycles. The Labute approximate surface area is 141 Å². The van der Waals surface area contributed by atoms with Crippen molar-refractivity contribution in [3.63, 3.8) is 0 Å². The van der Waals surface area contributed by atoms with Gasteiger partial charge in [-0.15, -0.1) is 0 Å². The number of phenols is 1. The number of carbonyl (C=O) groups is 1. The number of hydrogen-bond acceptors (Lipinski definition) is 5. The van der Waals surface area contributed by atoms with E-state index in [0.717, 1.165) is 45.8 Å². The molecule has 1 saturated heterocycles. The molecule has 8 heteroatoms. The first-order valence-electron chi connectivity index (χ1n) is 7.59. The number of benzene rings is 1. The molecule has 0 unspecified atom stereocenters.